The molecule has 0 saturated carbocycles. The van der Waals surface area contributed by atoms with Gasteiger partial charge in [-0.15, -0.1) is 0 Å². The molecule has 1 rings (SSSR count). The molecule has 0 aliphatic heterocycles. The van der Waals surface area contributed by atoms with Gasteiger partial charge in [0.2, 0.25) is 10.0 Å². The van der Waals surface area contributed by atoms with E-state index in [0.717, 1.165) is 0 Å². The highest BCUT2D eigenvalue weighted by Gasteiger charge is 2.12. The number of nitrogens with one attached hydrogen (secondary N) is 1. The third-order valence-electron chi connectivity index (χ3n) is 1.90. The second kappa shape index (κ2) is 6.32. The summed E-state index contributed by atoms with van der Waals surface area (Å²) in [4.78, 5) is 0. The maximum Gasteiger partial charge on any atom is 0.235 e. The number of halogens is 2. The van der Waals surface area contributed by atoms with Gasteiger partial charge < -0.3 is 4.74 Å². The first kappa shape index (κ1) is 14.4. The Morgan fingerprint density at radius 1 is 1.47 bits per heavy atom. The smallest absolute Gasteiger partial charge is 0.235 e. The lowest BCUT2D eigenvalue weighted by molar-refractivity contribution is 0.163. The van der Waals surface area contributed by atoms with Crippen molar-refractivity contribution in [3.63, 3.8) is 0 Å². The number of anilines is 1. The zero-order chi connectivity index (χ0) is 12.9. The monoisotopic (exact) mass is 325 g/mol. The third-order valence-corrected chi connectivity index (χ3v) is 3.79. The SMILES string of the molecule is CCOCCS(=O)(=O)Nc1ccc(F)cc1Br. The molecule has 0 aliphatic carbocycles. The highest BCUT2D eigenvalue weighted by Crippen LogP contribution is 2.23. The van der Waals surface area contributed by atoms with Crippen LogP contribution in [0.1, 0.15) is 6.92 Å². The summed E-state index contributed by atoms with van der Waals surface area (Å²) in [7, 11) is -3.47. The maximum atomic E-state index is 12.8. The Labute approximate surface area is 108 Å². The van der Waals surface area contributed by atoms with Crippen molar-refractivity contribution in [3.05, 3.63) is 28.5 Å². The van der Waals surface area contributed by atoms with Crippen molar-refractivity contribution in [2.24, 2.45) is 0 Å². The molecule has 0 atom stereocenters. The van der Waals surface area contributed by atoms with Crippen molar-refractivity contribution in [1.29, 1.82) is 0 Å². The van der Waals surface area contributed by atoms with Crippen LogP contribution in [-0.4, -0.2) is 27.4 Å². The number of hydrogen-bond donors (Lipinski definition) is 1. The summed E-state index contributed by atoms with van der Waals surface area (Å²) in [6.07, 6.45) is 0. The molecule has 0 aliphatic rings. The highest BCUT2D eigenvalue weighted by molar-refractivity contribution is 9.10. The van der Waals surface area contributed by atoms with Crippen LogP contribution in [-0.2, 0) is 14.8 Å². The van der Waals surface area contributed by atoms with Crippen LogP contribution in [0.25, 0.3) is 0 Å². The lowest BCUT2D eigenvalue weighted by Crippen LogP contribution is -2.20. The van der Waals surface area contributed by atoms with Crippen LogP contribution >= 0.6 is 15.9 Å². The fourth-order valence-corrected chi connectivity index (χ4v) is 2.64. The summed E-state index contributed by atoms with van der Waals surface area (Å²) in [5.41, 5.74) is 0.308. The quantitative estimate of drug-likeness (QED) is 0.817. The van der Waals surface area contributed by atoms with Crippen molar-refractivity contribution in [2.45, 2.75) is 6.92 Å². The van der Waals surface area contributed by atoms with Gasteiger partial charge in [-0.25, -0.2) is 12.8 Å². The summed E-state index contributed by atoms with van der Waals surface area (Å²) in [6, 6.07) is 3.74. The van der Waals surface area contributed by atoms with Crippen LogP contribution in [0.2, 0.25) is 0 Å². The third kappa shape index (κ3) is 5.01. The first-order valence-electron chi connectivity index (χ1n) is 4.98. The van der Waals surface area contributed by atoms with Crippen molar-refractivity contribution in [1.82, 2.24) is 0 Å². The number of rotatable bonds is 6. The fraction of sp³-hybridized carbons (Fsp3) is 0.400. The number of hydrogen-bond acceptors (Lipinski definition) is 3. The van der Waals surface area contributed by atoms with Crippen molar-refractivity contribution < 1.29 is 17.5 Å². The predicted octanol–water partition coefficient (Wildman–Crippen LogP) is 2.37. The van der Waals surface area contributed by atoms with E-state index in [4.69, 9.17) is 4.74 Å². The average molecular weight is 326 g/mol. The summed E-state index contributed by atoms with van der Waals surface area (Å²) >= 11 is 3.08. The Kier molecular flexibility index (Phi) is 5.35. The Morgan fingerprint density at radius 2 is 2.18 bits per heavy atom. The standard InChI is InChI=1S/C10H13BrFNO3S/c1-2-16-5-6-17(14,15)13-10-4-3-8(12)7-9(10)11/h3-4,7,13H,2,5-6H2,1H3. The van der Waals surface area contributed by atoms with E-state index in [2.05, 4.69) is 20.7 Å². The predicted molar refractivity (Wildman–Crippen MR) is 68.0 cm³/mol. The summed E-state index contributed by atoms with van der Waals surface area (Å²) in [6.45, 7) is 2.39. The molecular formula is C10H13BrFNO3S. The minimum absolute atomic E-state index is 0.130. The molecule has 1 aromatic rings. The summed E-state index contributed by atoms with van der Waals surface area (Å²) in [5.74, 6) is -0.570. The molecule has 4 nitrogen and oxygen atoms in total. The highest BCUT2D eigenvalue weighted by atomic mass is 79.9. The van der Waals surface area contributed by atoms with E-state index in [9.17, 15) is 12.8 Å². The van der Waals surface area contributed by atoms with Gasteiger partial charge in [-0.3, -0.25) is 4.72 Å². The molecule has 0 heterocycles. The number of sulfonamides is 1. The second-order valence-electron chi connectivity index (χ2n) is 3.24. The molecule has 0 fully saturated rings. The summed E-state index contributed by atoms with van der Waals surface area (Å²) < 4.78 is 43.7. The lowest BCUT2D eigenvalue weighted by Gasteiger charge is -2.09. The van der Waals surface area contributed by atoms with Gasteiger partial charge in [-0.2, -0.15) is 0 Å². The molecule has 96 valence electrons. The van der Waals surface area contributed by atoms with Crippen LogP contribution in [0, 0.1) is 5.82 Å². The van der Waals surface area contributed by atoms with E-state index in [1.54, 1.807) is 6.92 Å². The van der Waals surface area contributed by atoms with E-state index in [0.29, 0.717) is 16.8 Å². The normalized spacial score (nSPS) is 11.5. The van der Waals surface area contributed by atoms with Crippen LogP contribution < -0.4 is 4.72 Å². The van der Waals surface area contributed by atoms with Gasteiger partial charge in [0.1, 0.15) is 5.82 Å². The van der Waals surface area contributed by atoms with Crippen molar-refractivity contribution >= 4 is 31.6 Å². The Balaban J connectivity index is 2.69. The van der Waals surface area contributed by atoms with Gasteiger partial charge >= 0.3 is 0 Å². The van der Waals surface area contributed by atoms with E-state index in [-0.39, 0.29) is 12.4 Å². The van der Waals surface area contributed by atoms with E-state index in [1.807, 2.05) is 0 Å². The molecule has 0 saturated heterocycles. The molecular weight excluding hydrogens is 313 g/mol. The van der Waals surface area contributed by atoms with E-state index < -0.39 is 15.8 Å². The lowest BCUT2D eigenvalue weighted by atomic mass is 10.3. The fourth-order valence-electron chi connectivity index (χ4n) is 1.10. The van der Waals surface area contributed by atoms with Gasteiger partial charge in [-0.1, -0.05) is 0 Å². The largest absolute Gasteiger partial charge is 0.381 e. The van der Waals surface area contributed by atoms with Gasteiger partial charge in [0.05, 0.1) is 18.0 Å². The van der Waals surface area contributed by atoms with Gasteiger partial charge in [0, 0.05) is 11.1 Å². The summed E-state index contributed by atoms with van der Waals surface area (Å²) in [5, 5.41) is 0. The minimum Gasteiger partial charge on any atom is -0.381 e. The first-order chi connectivity index (χ1) is 7.94. The van der Waals surface area contributed by atoms with Crippen molar-refractivity contribution in [2.75, 3.05) is 23.7 Å². The average Bonchev–Trinajstić information content (AvgIpc) is 2.22. The molecule has 0 unspecified atom stereocenters. The van der Waals surface area contributed by atoms with Gasteiger partial charge in [0.25, 0.3) is 0 Å². The Morgan fingerprint density at radius 3 is 2.76 bits per heavy atom. The topological polar surface area (TPSA) is 55.4 Å². The van der Waals surface area contributed by atoms with Crippen LogP contribution in [0.4, 0.5) is 10.1 Å². The molecule has 0 bridgehead atoms. The Hall–Kier alpha value is -0.660. The minimum atomic E-state index is -3.47. The molecule has 0 radical (unpaired) electrons. The van der Waals surface area contributed by atoms with E-state index >= 15 is 0 Å². The molecule has 7 heteroatoms. The maximum absolute atomic E-state index is 12.8. The van der Waals surface area contributed by atoms with E-state index in [1.165, 1.54) is 18.2 Å². The molecule has 17 heavy (non-hydrogen) atoms. The van der Waals surface area contributed by atoms with Crippen LogP contribution in [0.15, 0.2) is 22.7 Å². The Bertz CT molecular complexity index is 478. The molecule has 0 aromatic heterocycles. The van der Waals surface area contributed by atoms with Gasteiger partial charge in [-0.05, 0) is 41.1 Å². The van der Waals surface area contributed by atoms with Crippen LogP contribution in [0.3, 0.4) is 0 Å². The first-order valence-corrected chi connectivity index (χ1v) is 7.42. The van der Waals surface area contributed by atoms with Crippen molar-refractivity contribution in [3.8, 4) is 0 Å². The van der Waals surface area contributed by atoms with Crippen LogP contribution in [0.5, 0.6) is 0 Å². The molecule has 0 spiro atoms. The zero-order valence-corrected chi connectivity index (χ0v) is 11.6. The number of benzene rings is 1. The molecule has 1 aromatic carbocycles. The molecule has 1 N–H and O–H groups in total. The molecule has 0 amide bonds. The van der Waals surface area contributed by atoms with Gasteiger partial charge in [0.15, 0.2) is 0 Å². The second-order valence-corrected chi connectivity index (χ2v) is 5.94. The number of ether oxygens (including phenoxy) is 1. The zero-order valence-electron chi connectivity index (χ0n) is 9.24.